The lowest BCUT2D eigenvalue weighted by molar-refractivity contribution is -0.130. The van der Waals surface area contributed by atoms with Crippen LogP contribution in [0.3, 0.4) is 0 Å². The fraction of sp³-hybridized carbons (Fsp3) is 0.391. The summed E-state index contributed by atoms with van der Waals surface area (Å²) >= 11 is 1.69. The Bertz CT molecular complexity index is 994. The third-order valence-electron chi connectivity index (χ3n) is 5.27. The number of H-pyrrole nitrogens is 1. The summed E-state index contributed by atoms with van der Waals surface area (Å²) in [5, 5.41) is 9.64. The Morgan fingerprint density at radius 3 is 2.55 bits per heavy atom. The molecule has 1 aliphatic rings. The van der Waals surface area contributed by atoms with E-state index >= 15 is 0 Å². The van der Waals surface area contributed by atoms with Crippen LogP contribution in [0.15, 0.2) is 41.8 Å². The fourth-order valence-electron chi connectivity index (χ4n) is 3.71. The molecule has 7 nitrogen and oxygen atoms in total. The van der Waals surface area contributed by atoms with E-state index in [9.17, 15) is 4.79 Å². The molecular weight excluding hydrogens is 412 g/mol. The summed E-state index contributed by atoms with van der Waals surface area (Å²) in [5.74, 6) is 2.48. The van der Waals surface area contributed by atoms with Gasteiger partial charge in [-0.05, 0) is 43.0 Å². The van der Waals surface area contributed by atoms with Gasteiger partial charge in [-0.15, -0.1) is 11.3 Å². The summed E-state index contributed by atoms with van der Waals surface area (Å²) in [7, 11) is 0. The largest absolute Gasteiger partial charge is 0.490 e. The van der Waals surface area contributed by atoms with Gasteiger partial charge in [0, 0.05) is 32.2 Å². The number of anilines is 1. The van der Waals surface area contributed by atoms with Crippen molar-refractivity contribution in [3.8, 4) is 22.1 Å². The SMILES string of the molecule is CCOc1ccc(CC(=O)N2CCN(c3cc(-c4cccs4)[nH]n3)CC2)cc1OCC. The molecule has 1 fully saturated rings. The lowest BCUT2D eigenvalue weighted by Crippen LogP contribution is -2.49. The smallest absolute Gasteiger partial charge is 0.227 e. The molecule has 0 bridgehead atoms. The van der Waals surface area contributed by atoms with Gasteiger partial charge in [-0.1, -0.05) is 12.1 Å². The first-order valence-electron chi connectivity index (χ1n) is 10.7. The predicted octanol–water partition coefficient (Wildman–Crippen LogP) is 3.83. The second kappa shape index (κ2) is 9.87. The lowest BCUT2D eigenvalue weighted by Gasteiger charge is -2.34. The molecule has 0 spiro atoms. The normalized spacial score (nSPS) is 14.0. The fourth-order valence-corrected chi connectivity index (χ4v) is 4.40. The maximum absolute atomic E-state index is 12.9. The van der Waals surface area contributed by atoms with Gasteiger partial charge in [0.15, 0.2) is 17.3 Å². The van der Waals surface area contributed by atoms with Gasteiger partial charge in [-0.2, -0.15) is 5.10 Å². The number of ether oxygens (including phenoxy) is 2. The van der Waals surface area contributed by atoms with E-state index in [-0.39, 0.29) is 5.91 Å². The molecule has 1 aliphatic heterocycles. The molecule has 3 heterocycles. The van der Waals surface area contributed by atoms with E-state index in [0.29, 0.717) is 38.5 Å². The minimum atomic E-state index is 0.132. The summed E-state index contributed by atoms with van der Waals surface area (Å²) in [6, 6.07) is 11.9. The van der Waals surface area contributed by atoms with Crippen molar-refractivity contribution < 1.29 is 14.3 Å². The van der Waals surface area contributed by atoms with Crippen molar-refractivity contribution in [2.45, 2.75) is 20.3 Å². The Labute approximate surface area is 186 Å². The van der Waals surface area contributed by atoms with Gasteiger partial charge in [-0.3, -0.25) is 9.89 Å². The van der Waals surface area contributed by atoms with Crippen molar-refractivity contribution in [2.24, 2.45) is 0 Å². The molecule has 4 rings (SSSR count). The highest BCUT2D eigenvalue weighted by Gasteiger charge is 2.23. The van der Waals surface area contributed by atoms with Crippen molar-refractivity contribution in [3.63, 3.8) is 0 Å². The van der Waals surface area contributed by atoms with Crippen LogP contribution in [0.25, 0.3) is 10.6 Å². The van der Waals surface area contributed by atoms with Crippen LogP contribution in [-0.2, 0) is 11.2 Å². The van der Waals surface area contributed by atoms with Gasteiger partial charge >= 0.3 is 0 Å². The number of nitrogens with zero attached hydrogens (tertiary/aromatic N) is 3. The van der Waals surface area contributed by atoms with E-state index < -0.39 is 0 Å². The topological polar surface area (TPSA) is 70.7 Å². The molecule has 0 unspecified atom stereocenters. The second-order valence-corrected chi connectivity index (χ2v) is 8.26. The lowest BCUT2D eigenvalue weighted by atomic mass is 10.1. The van der Waals surface area contributed by atoms with Crippen molar-refractivity contribution in [1.82, 2.24) is 15.1 Å². The number of benzene rings is 1. The highest BCUT2D eigenvalue weighted by molar-refractivity contribution is 7.13. The molecule has 1 N–H and O–H groups in total. The highest BCUT2D eigenvalue weighted by atomic mass is 32.1. The van der Waals surface area contributed by atoms with Crippen LogP contribution in [0.4, 0.5) is 5.82 Å². The zero-order chi connectivity index (χ0) is 21.6. The minimum Gasteiger partial charge on any atom is -0.490 e. The standard InChI is InChI=1S/C23H28N4O3S/c1-3-29-19-8-7-17(14-20(19)30-4-2)15-23(28)27-11-9-26(10-12-27)22-16-18(24-25-22)21-6-5-13-31-21/h5-8,13-14,16H,3-4,9-12,15H2,1-2H3,(H,24,25). The number of nitrogens with one attached hydrogen (secondary N) is 1. The summed E-state index contributed by atoms with van der Waals surface area (Å²) < 4.78 is 11.3. The average molecular weight is 441 g/mol. The first-order chi connectivity index (χ1) is 15.2. The molecule has 0 atom stereocenters. The quantitative estimate of drug-likeness (QED) is 0.577. The molecular formula is C23H28N4O3S. The maximum atomic E-state index is 12.9. The zero-order valence-electron chi connectivity index (χ0n) is 18.0. The predicted molar refractivity (Wildman–Crippen MR) is 123 cm³/mol. The van der Waals surface area contributed by atoms with Crippen molar-refractivity contribution in [3.05, 3.63) is 47.3 Å². The molecule has 0 aliphatic carbocycles. The molecule has 3 aromatic rings. The number of thiophene rings is 1. The van der Waals surface area contributed by atoms with Crippen LogP contribution >= 0.6 is 11.3 Å². The minimum absolute atomic E-state index is 0.132. The number of piperazine rings is 1. The van der Waals surface area contributed by atoms with Crippen LogP contribution in [0.5, 0.6) is 11.5 Å². The van der Waals surface area contributed by atoms with Crippen LogP contribution in [0.1, 0.15) is 19.4 Å². The summed E-state index contributed by atoms with van der Waals surface area (Å²) in [6.07, 6.45) is 0.359. The molecule has 31 heavy (non-hydrogen) atoms. The molecule has 1 aromatic carbocycles. The van der Waals surface area contributed by atoms with Crippen LogP contribution < -0.4 is 14.4 Å². The van der Waals surface area contributed by atoms with Crippen LogP contribution in [0.2, 0.25) is 0 Å². The zero-order valence-corrected chi connectivity index (χ0v) is 18.8. The number of carbonyl (C=O) groups excluding carboxylic acids is 1. The molecule has 1 saturated heterocycles. The van der Waals surface area contributed by atoms with Crippen molar-refractivity contribution >= 4 is 23.1 Å². The summed E-state index contributed by atoms with van der Waals surface area (Å²) in [4.78, 5) is 18.2. The number of aromatic nitrogens is 2. The van der Waals surface area contributed by atoms with E-state index in [1.165, 1.54) is 4.88 Å². The number of carbonyl (C=O) groups is 1. The summed E-state index contributed by atoms with van der Waals surface area (Å²) in [5.41, 5.74) is 1.97. The Morgan fingerprint density at radius 2 is 1.84 bits per heavy atom. The van der Waals surface area contributed by atoms with Gasteiger partial charge < -0.3 is 19.3 Å². The monoisotopic (exact) mass is 440 g/mol. The van der Waals surface area contributed by atoms with Gasteiger partial charge in [-0.25, -0.2) is 0 Å². The first-order valence-corrected chi connectivity index (χ1v) is 11.6. The molecule has 0 radical (unpaired) electrons. The maximum Gasteiger partial charge on any atom is 0.227 e. The summed E-state index contributed by atoms with van der Waals surface area (Å²) in [6.45, 7) is 7.94. The van der Waals surface area contributed by atoms with Crippen molar-refractivity contribution in [2.75, 3.05) is 44.3 Å². The number of hydrogen-bond acceptors (Lipinski definition) is 6. The Kier molecular flexibility index (Phi) is 6.76. The molecule has 1 amide bonds. The third kappa shape index (κ3) is 5.02. The number of rotatable bonds is 8. The van der Waals surface area contributed by atoms with Gasteiger partial charge in [0.2, 0.25) is 5.91 Å². The van der Waals surface area contributed by atoms with E-state index in [0.717, 1.165) is 35.9 Å². The number of hydrogen-bond donors (Lipinski definition) is 1. The van der Waals surface area contributed by atoms with Gasteiger partial charge in [0.1, 0.15) is 0 Å². The van der Waals surface area contributed by atoms with E-state index in [4.69, 9.17) is 9.47 Å². The number of amides is 1. The van der Waals surface area contributed by atoms with Gasteiger partial charge in [0.05, 0.1) is 30.2 Å². The van der Waals surface area contributed by atoms with Crippen LogP contribution in [0, 0.1) is 0 Å². The first kappa shape index (κ1) is 21.2. The second-order valence-electron chi connectivity index (χ2n) is 7.31. The van der Waals surface area contributed by atoms with Gasteiger partial charge in [0.25, 0.3) is 0 Å². The van der Waals surface area contributed by atoms with Crippen LogP contribution in [-0.4, -0.2) is 60.4 Å². The third-order valence-corrected chi connectivity index (χ3v) is 6.17. The molecule has 2 aromatic heterocycles. The molecule has 164 valence electrons. The van der Waals surface area contributed by atoms with E-state index in [2.05, 4.69) is 32.6 Å². The Hall–Kier alpha value is -3.00. The molecule has 8 heteroatoms. The average Bonchev–Trinajstić information content (AvgIpc) is 3.48. The Balaban J connectivity index is 1.34. The molecule has 0 saturated carbocycles. The highest BCUT2D eigenvalue weighted by Crippen LogP contribution is 2.29. The Morgan fingerprint density at radius 1 is 1.06 bits per heavy atom. The van der Waals surface area contributed by atoms with E-state index in [1.807, 2.05) is 43.0 Å². The number of aromatic amines is 1. The van der Waals surface area contributed by atoms with E-state index in [1.54, 1.807) is 11.3 Å². The van der Waals surface area contributed by atoms with Crippen molar-refractivity contribution in [1.29, 1.82) is 0 Å².